The Labute approximate surface area is 107 Å². The molecule has 0 heterocycles. The van der Waals surface area contributed by atoms with Gasteiger partial charge in [0, 0.05) is 11.1 Å². The van der Waals surface area contributed by atoms with Crippen LogP contribution in [0.5, 0.6) is 0 Å². The molecule has 0 aromatic heterocycles. The van der Waals surface area contributed by atoms with Crippen molar-refractivity contribution in [2.45, 2.75) is 39.0 Å². The number of hydrogen-bond acceptors (Lipinski definition) is 1. The fourth-order valence-electron chi connectivity index (χ4n) is 1.94. The van der Waals surface area contributed by atoms with Crippen LogP contribution in [0.1, 0.15) is 38.2 Å². The molecule has 0 aliphatic rings. The molecule has 0 spiro atoms. The summed E-state index contributed by atoms with van der Waals surface area (Å²) >= 11 is 3.48. The van der Waals surface area contributed by atoms with Crippen molar-refractivity contribution in [1.82, 2.24) is 0 Å². The second-order valence-electron chi connectivity index (χ2n) is 4.38. The quantitative estimate of drug-likeness (QED) is 0.745. The lowest BCUT2D eigenvalue weighted by molar-refractivity contribution is 0.215. The van der Waals surface area contributed by atoms with Crippen LogP contribution in [0.25, 0.3) is 0 Å². The molecule has 0 aliphatic heterocycles. The van der Waals surface area contributed by atoms with E-state index in [9.17, 15) is 5.11 Å². The van der Waals surface area contributed by atoms with Gasteiger partial charge in [-0.2, -0.15) is 0 Å². The molecule has 1 N–H and O–H groups in total. The van der Waals surface area contributed by atoms with Crippen molar-refractivity contribution in [2.75, 3.05) is 6.61 Å². The van der Waals surface area contributed by atoms with E-state index in [1.807, 2.05) is 6.07 Å². The topological polar surface area (TPSA) is 20.2 Å². The average Bonchev–Trinajstić information content (AvgIpc) is 2.28. The fraction of sp³-hybridized carbons (Fsp3) is 0.571. The molecule has 1 unspecified atom stereocenters. The van der Waals surface area contributed by atoms with Crippen LogP contribution in [0.2, 0.25) is 0 Å². The summed E-state index contributed by atoms with van der Waals surface area (Å²) in [5.41, 5.74) is 1.31. The molecule has 0 radical (unpaired) electrons. The third-order valence-corrected chi connectivity index (χ3v) is 3.38. The second-order valence-corrected chi connectivity index (χ2v) is 5.29. The molecular weight excluding hydrogens is 264 g/mol. The Hall–Kier alpha value is -0.340. The van der Waals surface area contributed by atoms with Gasteiger partial charge < -0.3 is 5.11 Å². The Balaban J connectivity index is 2.43. The number of aliphatic hydroxyl groups excluding tert-OH is 1. The summed E-state index contributed by atoms with van der Waals surface area (Å²) in [6.07, 6.45) is 5.87. The Kier molecular flexibility index (Phi) is 6.74. The van der Waals surface area contributed by atoms with Crippen LogP contribution in [-0.4, -0.2) is 11.7 Å². The van der Waals surface area contributed by atoms with Crippen molar-refractivity contribution in [2.24, 2.45) is 5.92 Å². The van der Waals surface area contributed by atoms with Crippen LogP contribution >= 0.6 is 15.9 Å². The minimum atomic E-state index is 0.302. The Bertz CT molecular complexity index is 299. The third-order valence-electron chi connectivity index (χ3n) is 2.89. The van der Waals surface area contributed by atoms with Gasteiger partial charge in [-0.25, -0.2) is 0 Å². The third kappa shape index (κ3) is 5.13. The lowest BCUT2D eigenvalue weighted by atomic mass is 9.94. The second kappa shape index (κ2) is 7.86. The number of benzene rings is 1. The van der Waals surface area contributed by atoms with Crippen LogP contribution < -0.4 is 0 Å². The maximum atomic E-state index is 9.34. The number of aliphatic hydroxyl groups is 1. The van der Waals surface area contributed by atoms with Gasteiger partial charge in [-0.05, 0) is 36.5 Å². The highest BCUT2D eigenvalue weighted by Gasteiger charge is 2.08. The summed E-state index contributed by atoms with van der Waals surface area (Å²) in [6, 6.07) is 8.37. The van der Waals surface area contributed by atoms with Crippen molar-refractivity contribution >= 4 is 15.9 Å². The molecule has 1 nitrogen and oxygen atoms in total. The van der Waals surface area contributed by atoms with Gasteiger partial charge in [-0.15, -0.1) is 0 Å². The van der Waals surface area contributed by atoms with Gasteiger partial charge in [0.05, 0.1) is 0 Å². The average molecular weight is 285 g/mol. The predicted molar refractivity (Wildman–Crippen MR) is 72.6 cm³/mol. The SMILES string of the molecule is CCCCCC(CO)Cc1cccc(Br)c1. The standard InChI is InChI=1S/C14H21BrO/c1-2-3-4-6-13(11-16)9-12-7-5-8-14(15)10-12/h5,7-8,10,13,16H,2-4,6,9,11H2,1H3. The van der Waals surface area contributed by atoms with E-state index in [4.69, 9.17) is 0 Å². The molecule has 0 saturated heterocycles. The zero-order valence-electron chi connectivity index (χ0n) is 9.95. The smallest absolute Gasteiger partial charge is 0.0462 e. The lowest BCUT2D eigenvalue weighted by Gasteiger charge is -2.14. The molecule has 0 bridgehead atoms. The summed E-state index contributed by atoms with van der Waals surface area (Å²) in [5, 5.41) is 9.34. The molecule has 0 fully saturated rings. The summed E-state index contributed by atoms with van der Waals surface area (Å²) < 4.78 is 1.12. The summed E-state index contributed by atoms with van der Waals surface area (Å²) in [6.45, 7) is 2.51. The number of unbranched alkanes of at least 4 members (excludes halogenated alkanes) is 2. The lowest BCUT2D eigenvalue weighted by Crippen LogP contribution is -2.09. The first-order valence-corrected chi connectivity index (χ1v) is 6.90. The molecular formula is C14H21BrO. The highest BCUT2D eigenvalue weighted by molar-refractivity contribution is 9.10. The van der Waals surface area contributed by atoms with E-state index < -0.39 is 0 Å². The van der Waals surface area contributed by atoms with E-state index in [1.54, 1.807) is 0 Å². The number of hydrogen-bond donors (Lipinski definition) is 1. The highest BCUT2D eigenvalue weighted by atomic mass is 79.9. The van der Waals surface area contributed by atoms with E-state index in [-0.39, 0.29) is 0 Å². The molecule has 1 rings (SSSR count). The molecule has 0 saturated carbocycles. The van der Waals surface area contributed by atoms with Gasteiger partial charge in [0.25, 0.3) is 0 Å². The summed E-state index contributed by atoms with van der Waals surface area (Å²) in [4.78, 5) is 0. The van der Waals surface area contributed by atoms with E-state index in [2.05, 4.69) is 41.1 Å². The van der Waals surface area contributed by atoms with Gasteiger partial charge in [-0.1, -0.05) is 54.2 Å². The van der Waals surface area contributed by atoms with E-state index in [0.29, 0.717) is 12.5 Å². The van der Waals surface area contributed by atoms with Gasteiger partial charge in [0.1, 0.15) is 0 Å². The zero-order chi connectivity index (χ0) is 11.8. The van der Waals surface area contributed by atoms with Crippen molar-refractivity contribution in [3.63, 3.8) is 0 Å². The van der Waals surface area contributed by atoms with Crippen LogP contribution in [0.3, 0.4) is 0 Å². The minimum absolute atomic E-state index is 0.302. The van der Waals surface area contributed by atoms with E-state index >= 15 is 0 Å². The van der Waals surface area contributed by atoms with Gasteiger partial charge in [0.15, 0.2) is 0 Å². The first-order valence-electron chi connectivity index (χ1n) is 6.11. The van der Waals surface area contributed by atoms with Crippen molar-refractivity contribution in [3.8, 4) is 0 Å². The molecule has 90 valence electrons. The van der Waals surface area contributed by atoms with Crippen LogP contribution in [0.15, 0.2) is 28.7 Å². The highest BCUT2D eigenvalue weighted by Crippen LogP contribution is 2.18. The molecule has 0 aliphatic carbocycles. The predicted octanol–water partition coefficient (Wildman–Crippen LogP) is 4.18. The Morgan fingerprint density at radius 2 is 2.12 bits per heavy atom. The van der Waals surface area contributed by atoms with E-state index in [1.165, 1.54) is 24.8 Å². The monoisotopic (exact) mass is 284 g/mol. The Morgan fingerprint density at radius 3 is 2.75 bits per heavy atom. The van der Waals surface area contributed by atoms with Crippen LogP contribution in [0, 0.1) is 5.92 Å². The van der Waals surface area contributed by atoms with Gasteiger partial charge in [0.2, 0.25) is 0 Å². The normalized spacial score (nSPS) is 12.7. The Morgan fingerprint density at radius 1 is 1.31 bits per heavy atom. The fourth-order valence-corrected chi connectivity index (χ4v) is 2.38. The van der Waals surface area contributed by atoms with Crippen LogP contribution in [-0.2, 0) is 6.42 Å². The number of rotatable bonds is 7. The summed E-state index contributed by atoms with van der Waals surface area (Å²) in [5.74, 6) is 0.417. The van der Waals surface area contributed by atoms with Crippen LogP contribution in [0.4, 0.5) is 0 Å². The maximum absolute atomic E-state index is 9.34. The summed E-state index contributed by atoms with van der Waals surface area (Å²) in [7, 11) is 0. The molecule has 16 heavy (non-hydrogen) atoms. The zero-order valence-corrected chi connectivity index (χ0v) is 11.5. The molecule has 1 aromatic rings. The molecule has 0 amide bonds. The molecule has 1 atom stereocenters. The first-order chi connectivity index (χ1) is 7.76. The van der Waals surface area contributed by atoms with Crippen molar-refractivity contribution < 1.29 is 5.11 Å². The van der Waals surface area contributed by atoms with E-state index in [0.717, 1.165) is 17.3 Å². The molecule has 2 heteroatoms. The minimum Gasteiger partial charge on any atom is -0.396 e. The first kappa shape index (κ1) is 13.7. The van der Waals surface area contributed by atoms with Gasteiger partial charge >= 0.3 is 0 Å². The maximum Gasteiger partial charge on any atom is 0.0462 e. The van der Waals surface area contributed by atoms with Gasteiger partial charge in [-0.3, -0.25) is 0 Å². The van der Waals surface area contributed by atoms with Crippen molar-refractivity contribution in [3.05, 3.63) is 34.3 Å². The van der Waals surface area contributed by atoms with Crippen molar-refractivity contribution in [1.29, 1.82) is 0 Å². The number of halogens is 1. The largest absolute Gasteiger partial charge is 0.396 e. The molecule has 1 aromatic carbocycles.